The van der Waals surface area contributed by atoms with Crippen LogP contribution in [0.25, 0.3) is 0 Å². The Morgan fingerprint density at radius 2 is 1.85 bits per heavy atom. The minimum absolute atomic E-state index is 0.0323. The zero-order valence-corrected chi connectivity index (χ0v) is 14.0. The Balaban J connectivity index is 1.99. The molecule has 0 bridgehead atoms. The molecule has 0 aliphatic rings. The quantitative estimate of drug-likeness (QED) is 0.706. The number of rotatable bonds is 7. The number of carbonyl (C=O) groups excluding carboxylic acids is 2. The highest BCUT2D eigenvalue weighted by Crippen LogP contribution is 2.21. The number of nitrogens with one attached hydrogen (secondary N) is 2. The van der Waals surface area contributed by atoms with Crippen molar-refractivity contribution in [1.29, 1.82) is 0 Å². The molecule has 6 nitrogen and oxygen atoms in total. The van der Waals surface area contributed by atoms with Crippen LogP contribution in [0.4, 0.5) is 13.6 Å². The summed E-state index contributed by atoms with van der Waals surface area (Å²) in [5.41, 5.74) is 6.87. The number of urea groups is 1. The maximum atomic E-state index is 12.3. The van der Waals surface area contributed by atoms with Crippen LogP contribution in [-0.4, -0.2) is 18.5 Å². The Kier molecular flexibility index (Phi) is 6.48. The van der Waals surface area contributed by atoms with Gasteiger partial charge in [0.2, 0.25) is 0 Å². The lowest BCUT2D eigenvalue weighted by Gasteiger charge is -2.16. The molecule has 0 radical (unpaired) electrons. The van der Waals surface area contributed by atoms with Crippen LogP contribution in [0, 0.1) is 0 Å². The van der Waals surface area contributed by atoms with Gasteiger partial charge in [-0.1, -0.05) is 24.3 Å². The fourth-order valence-corrected chi connectivity index (χ4v) is 2.29. The minimum Gasteiger partial charge on any atom is -0.435 e. The van der Waals surface area contributed by atoms with Crippen molar-refractivity contribution >= 4 is 11.9 Å². The number of nitrogens with two attached hydrogens (primary N) is 1. The van der Waals surface area contributed by atoms with E-state index in [9.17, 15) is 18.4 Å². The van der Waals surface area contributed by atoms with Crippen LogP contribution in [0.1, 0.15) is 34.5 Å². The number of hydrogen-bond donors (Lipinski definition) is 3. The van der Waals surface area contributed by atoms with Crippen molar-refractivity contribution in [2.24, 2.45) is 5.73 Å². The van der Waals surface area contributed by atoms with Gasteiger partial charge in [-0.25, -0.2) is 4.79 Å². The Morgan fingerprint density at radius 3 is 2.46 bits per heavy atom. The van der Waals surface area contributed by atoms with Crippen molar-refractivity contribution in [3.63, 3.8) is 0 Å². The predicted molar refractivity (Wildman–Crippen MR) is 91.8 cm³/mol. The summed E-state index contributed by atoms with van der Waals surface area (Å²) < 4.78 is 29.0. The molecular formula is C18H19F2N3O3. The summed E-state index contributed by atoms with van der Waals surface area (Å²) in [5.74, 6) is -0.281. The van der Waals surface area contributed by atoms with E-state index in [0.717, 1.165) is 5.56 Å². The standard InChI is InChI=1S/C18H19F2N3O3/c1-11(14-3-2-4-15(9-14)26-17(19)20)23-16(24)13-7-5-12(6-8-13)10-22-18(21)25/h2-9,11,17H,10H2,1H3,(H,23,24)(H3,21,22,25). The fraction of sp³-hybridized carbons (Fsp3) is 0.222. The van der Waals surface area contributed by atoms with Crippen molar-refractivity contribution in [2.75, 3.05) is 0 Å². The van der Waals surface area contributed by atoms with E-state index in [2.05, 4.69) is 15.4 Å². The van der Waals surface area contributed by atoms with Crippen molar-refractivity contribution in [3.8, 4) is 5.75 Å². The van der Waals surface area contributed by atoms with Gasteiger partial charge in [0.1, 0.15) is 5.75 Å². The van der Waals surface area contributed by atoms with Gasteiger partial charge >= 0.3 is 12.6 Å². The van der Waals surface area contributed by atoms with Gasteiger partial charge in [-0.05, 0) is 42.3 Å². The van der Waals surface area contributed by atoms with Gasteiger partial charge in [-0.15, -0.1) is 0 Å². The number of alkyl halides is 2. The Hall–Kier alpha value is -3.16. The SMILES string of the molecule is CC(NC(=O)c1ccc(CNC(N)=O)cc1)c1cccc(OC(F)F)c1. The van der Waals surface area contributed by atoms with Gasteiger partial charge in [0.25, 0.3) is 5.91 Å². The predicted octanol–water partition coefficient (Wildman–Crippen LogP) is 2.95. The zero-order chi connectivity index (χ0) is 19.1. The summed E-state index contributed by atoms with van der Waals surface area (Å²) in [4.78, 5) is 23.0. The van der Waals surface area contributed by atoms with E-state index in [1.165, 1.54) is 12.1 Å². The summed E-state index contributed by atoms with van der Waals surface area (Å²) in [6.07, 6.45) is 0. The molecule has 1 unspecified atom stereocenters. The molecule has 3 amide bonds. The first-order valence-corrected chi connectivity index (χ1v) is 7.83. The van der Waals surface area contributed by atoms with E-state index in [1.807, 2.05) is 0 Å². The number of benzene rings is 2. The molecule has 0 fully saturated rings. The maximum Gasteiger partial charge on any atom is 0.387 e. The summed E-state index contributed by atoms with van der Waals surface area (Å²) in [5, 5.41) is 5.25. The van der Waals surface area contributed by atoms with Gasteiger partial charge in [-0.3, -0.25) is 4.79 Å². The number of primary amides is 1. The molecule has 26 heavy (non-hydrogen) atoms. The molecule has 0 heterocycles. The van der Waals surface area contributed by atoms with Gasteiger partial charge in [0.15, 0.2) is 0 Å². The lowest BCUT2D eigenvalue weighted by molar-refractivity contribution is -0.0499. The molecule has 0 saturated carbocycles. The van der Waals surface area contributed by atoms with E-state index in [0.29, 0.717) is 11.1 Å². The number of ether oxygens (including phenoxy) is 1. The van der Waals surface area contributed by atoms with E-state index in [4.69, 9.17) is 5.73 Å². The third kappa shape index (κ3) is 5.73. The molecule has 0 saturated heterocycles. The first-order valence-electron chi connectivity index (χ1n) is 7.83. The summed E-state index contributed by atoms with van der Waals surface area (Å²) in [7, 11) is 0. The summed E-state index contributed by atoms with van der Waals surface area (Å²) >= 11 is 0. The van der Waals surface area contributed by atoms with Gasteiger partial charge in [0, 0.05) is 12.1 Å². The molecule has 0 aromatic heterocycles. The molecule has 1 atom stereocenters. The Labute approximate surface area is 149 Å². The van der Waals surface area contributed by atoms with Gasteiger partial charge in [-0.2, -0.15) is 8.78 Å². The second-order valence-corrected chi connectivity index (χ2v) is 5.56. The average Bonchev–Trinajstić information content (AvgIpc) is 2.60. The van der Waals surface area contributed by atoms with Crippen LogP contribution in [-0.2, 0) is 6.54 Å². The van der Waals surface area contributed by atoms with Crippen molar-refractivity contribution in [3.05, 3.63) is 65.2 Å². The summed E-state index contributed by atoms with van der Waals surface area (Å²) in [6.45, 7) is -0.896. The van der Waals surface area contributed by atoms with Gasteiger partial charge in [0.05, 0.1) is 6.04 Å². The van der Waals surface area contributed by atoms with Crippen LogP contribution in [0.2, 0.25) is 0 Å². The summed E-state index contributed by atoms with van der Waals surface area (Å²) in [6, 6.07) is 11.8. The van der Waals surface area contributed by atoms with Crippen molar-refractivity contribution in [1.82, 2.24) is 10.6 Å². The average molecular weight is 363 g/mol. The normalized spacial score (nSPS) is 11.7. The molecule has 4 N–H and O–H groups in total. The van der Waals surface area contributed by atoms with Crippen LogP contribution >= 0.6 is 0 Å². The molecule has 0 aliphatic heterocycles. The van der Waals surface area contributed by atoms with E-state index in [-0.39, 0.29) is 18.2 Å². The number of halogens is 2. The second kappa shape index (κ2) is 8.80. The highest BCUT2D eigenvalue weighted by molar-refractivity contribution is 5.94. The first-order chi connectivity index (χ1) is 12.3. The smallest absolute Gasteiger partial charge is 0.387 e. The lowest BCUT2D eigenvalue weighted by Crippen LogP contribution is -2.28. The lowest BCUT2D eigenvalue weighted by atomic mass is 10.1. The molecule has 0 aliphatic carbocycles. The Morgan fingerprint density at radius 1 is 1.15 bits per heavy atom. The van der Waals surface area contributed by atoms with E-state index in [1.54, 1.807) is 43.3 Å². The second-order valence-electron chi connectivity index (χ2n) is 5.56. The maximum absolute atomic E-state index is 12.3. The number of hydrogen-bond acceptors (Lipinski definition) is 3. The number of amides is 3. The van der Waals surface area contributed by atoms with Crippen LogP contribution in [0.5, 0.6) is 5.75 Å². The zero-order valence-electron chi connectivity index (χ0n) is 14.0. The van der Waals surface area contributed by atoms with Crippen molar-refractivity contribution in [2.45, 2.75) is 26.1 Å². The third-order valence-electron chi connectivity index (χ3n) is 3.61. The van der Waals surface area contributed by atoms with Crippen LogP contribution in [0.3, 0.4) is 0 Å². The monoisotopic (exact) mass is 363 g/mol. The highest BCUT2D eigenvalue weighted by Gasteiger charge is 2.13. The molecule has 2 aromatic rings. The van der Waals surface area contributed by atoms with Crippen LogP contribution < -0.4 is 21.1 Å². The fourth-order valence-electron chi connectivity index (χ4n) is 2.29. The molecule has 2 aromatic carbocycles. The largest absolute Gasteiger partial charge is 0.435 e. The molecular weight excluding hydrogens is 344 g/mol. The third-order valence-corrected chi connectivity index (χ3v) is 3.61. The molecule has 0 spiro atoms. The van der Waals surface area contributed by atoms with E-state index < -0.39 is 18.7 Å². The van der Waals surface area contributed by atoms with Crippen molar-refractivity contribution < 1.29 is 23.1 Å². The Bertz CT molecular complexity index is 767. The molecule has 2 rings (SSSR count). The van der Waals surface area contributed by atoms with E-state index >= 15 is 0 Å². The molecule has 138 valence electrons. The number of carbonyl (C=O) groups is 2. The minimum atomic E-state index is -2.90. The van der Waals surface area contributed by atoms with Gasteiger partial charge < -0.3 is 21.1 Å². The topological polar surface area (TPSA) is 93.5 Å². The molecule has 8 heteroatoms. The van der Waals surface area contributed by atoms with Crippen LogP contribution in [0.15, 0.2) is 48.5 Å². The first kappa shape index (κ1) is 19.2. The highest BCUT2D eigenvalue weighted by atomic mass is 19.3.